The van der Waals surface area contributed by atoms with Gasteiger partial charge in [-0.2, -0.15) is 0 Å². The molecule has 0 aromatic heterocycles. The van der Waals surface area contributed by atoms with E-state index in [4.69, 9.17) is 4.74 Å². The predicted octanol–water partition coefficient (Wildman–Crippen LogP) is 2.59. The molecule has 26 heavy (non-hydrogen) atoms. The number of rotatable bonds is 7. The van der Waals surface area contributed by atoms with Gasteiger partial charge >= 0.3 is 0 Å². The zero-order chi connectivity index (χ0) is 18.1. The van der Waals surface area contributed by atoms with Crippen LogP contribution in [-0.4, -0.2) is 56.6 Å². The molecular formula is C19H31IN4O2. The summed E-state index contributed by atoms with van der Waals surface area (Å²) in [7, 11) is 1.68. The molecule has 1 unspecified atom stereocenters. The number of amides is 1. The van der Waals surface area contributed by atoms with Crippen molar-refractivity contribution in [1.82, 2.24) is 15.5 Å². The van der Waals surface area contributed by atoms with Crippen molar-refractivity contribution in [2.45, 2.75) is 32.6 Å². The molecule has 1 aliphatic rings. The van der Waals surface area contributed by atoms with E-state index in [0.717, 1.165) is 44.2 Å². The number of hydrogen-bond donors (Lipinski definition) is 2. The third kappa shape index (κ3) is 6.66. The van der Waals surface area contributed by atoms with E-state index >= 15 is 0 Å². The Morgan fingerprint density at radius 2 is 2.00 bits per heavy atom. The van der Waals surface area contributed by atoms with Gasteiger partial charge in [-0.05, 0) is 37.5 Å². The van der Waals surface area contributed by atoms with Gasteiger partial charge in [0.25, 0.3) is 0 Å². The second-order valence-corrected chi connectivity index (χ2v) is 6.22. The van der Waals surface area contributed by atoms with Crippen molar-refractivity contribution in [2.24, 2.45) is 4.99 Å². The van der Waals surface area contributed by atoms with Crippen LogP contribution in [0.1, 0.15) is 38.2 Å². The SMILES string of the molecule is CCCNC(=O)CN=C(NCC)N1CCC(c2ccc(OC)cc2)C1.I. The van der Waals surface area contributed by atoms with Gasteiger partial charge in [-0.25, -0.2) is 4.99 Å². The summed E-state index contributed by atoms with van der Waals surface area (Å²) in [4.78, 5) is 18.5. The molecule has 1 aromatic carbocycles. The van der Waals surface area contributed by atoms with Crippen LogP contribution in [-0.2, 0) is 4.79 Å². The Bertz CT molecular complexity index is 577. The highest BCUT2D eigenvalue weighted by atomic mass is 127. The van der Waals surface area contributed by atoms with E-state index in [1.54, 1.807) is 7.11 Å². The van der Waals surface area contributed by atoms with Crippen LogP contribution >= 0.6 is 24.0 Å². The molecule has 0 saturated carbocycles. The molecule has 1 heterocycles. The smallest absolute Gasteiger partial charge is 0.241 e. The second kappa shape index (κ2) is 12.0. The fourth-order valence-electron chi connectivity index (χ4n) is 2.99. The number of hydrogen-bond acceptors (Lipinski definition) is 3. The maximum absolute atomic E-state index is 11.8. The first-order valence-electron chi connectivity index (χ1n) is 9.11. The van der Waals surface area contributed by atoms with Gasteiger partial charge in [0.2, 0.25) is 5.91 Å². The highest BCUT2D eigenvalue weighted by molar-refractivity contribution is 14.0. The summed E-state index contributed by atoms with van der Waals surface area (Å²) in [5, 5.41) is 6.16. The summed E-state index contributed by atoms with van der Waals surface area (Å²) in [5.41, 5.74) is 1.32. The number of methoxy groups -OCH3 is 1. The number of ether oxygens (including phenoxy) is 1. The lowest BCUT2D eigenvalue weighted by Crippen LogP contribution is -2.41. The van der Waals surface area contributed by atoms with Gasteiger partial charge in [0.15, 0.2) is 5.96 Å². The van der Waals surface area contributed by atoms with Gasteiger partial charge in [-0.1, -0.05) is 19.1 Å². The summed E-state index contributed by atoms with van der Waals surface area (Å²) >= 11 is 0. The van der Waals surface area contributed by atoms with Crippen LogP contribution in [0.2, 0.25) is 0 Å². The Morgan fingerprint density at radius 3 is 2.62 bits per heavy atom. The number of aliphatic imine (C=N–C) groups is 1. The molecule has 0 aliphatic carbocycles. The molecule has 1 saturated heterocycles. The number of nitrogens with one attached hydrogen (secondary N) is 2. The third-order valence-electron chi connectivity index (χ3n) is 4.35. The predicted molar refractivity (Wildman–Crippen MR) is 117 cm³/mol. The highest BCUT2D eigenvalue weighted by Gasteiger charge is 2.26. The lowest BCUT2D eigenvalue weighted by atomic mass is 9.98. The van der Waals surface area contributed by atoms with Crippen LogP contribution in [0.15, 0.2) is 29.3 Å². The fourth-order valence-corrected chi connectivity index (χ4v) is 2.99. The highest BCUT2D eigenvalue weighted by Crippen LogP contribution is 2.28. The number of halogens is 1. The molecule has 1 fully saturated rings. The molecule has 1 aromatic rings. The van der Waals surface area contributed by atoms with Crippen molar-refractivity contribution in [3.8, 4) is 5.75 Å². The van der Waals surface area contributed by atoms with Crippen LogP contribution in [0.25, 0.3) is 0 Å². The summed E-state index contributed by atoms with van der Waals surface area (Å²) in [6, 6.07) is 8.29. The molecular weight excluding hydrogens is 443 g/mol. The van der Waals surface area contributed by atoms with Crippen LogP contribution in [0.5, 0.6) is 5.75 Å². The standard InChI is InChI=1S/C19H30N4O2.HI/c1-4-11-21-18(24)13-22-19(20-5-2)23-12-10-16(14-23)15-6-8-17(25-3)9-7-15;/h6-9,16H,4-5,10-14H2,1-3H3,(H,20,22)(H,21,24);1H. The van der Waals surface area contributed by atoms with E-state index in [9.17, 15) is 4.79 Å². The molecule has 0 spiro atoms. The zero-order valence-corrected chi connectivity index (χ0v) is 18.3. The summed E-state index contributed by atoms with van der Waals surface area (Å²) in [6.07, 6.45) is 2.02. The van der Waals surface area contributed by atoms with Crippen molar-refractivity contribution in [3.63, 3.8) is 0 Å². The van der Waals surface area contributed by atoms with Crippen LogP contribution in [0.3, 0.4) is 0 Å². The monoisotopic (exact) mass is 474 g/mol. The topological polar surface area (TPSA) is 66.0 Å². The number of benzene rings is 1. The minimum absolute atomic E-state index is 0. The molecule has 146 valence electrons. The number of nitrogens with zero attached hydrogens (tertiary/aromatic N) is 2. The molecule has 1 atom stereocenters. The van der Waals surface area contributed by atoms with Crippen molar-refractivity contribution < 1.29 is 9.53 Å². The maximum atomic E-state index is 11.8. The van der Waals surface area contributed by atoms with Gasteiger partial charge in [-0.15, -0.1) is 24.0 Å². The van der Waals surface area contributed by atoms with E-state index < -0.39 is 0 Å². The van der Waals surface area contributed by atoms with E-state index in [-0.39, 0.29) is 36.4 Å². The van der Waals surface area contributed by atoms with Crippen molar-refractivity contribution in [3.05, 3.63) is 29.8 Å². The van der Waals surface area contributed by atoms with Crippen LogP contribution in [0, 0.1) is 0 Å². The van der Waals surface area contributed by atoms with Crippen molar-refractivity contribution in [2.75, 3.05) is 39.8 Å². The van der Waals surface area contributed by atoms with Crippen LogP contribution < -0.4 is 15.4 Å². The molecule has 0 bridgehead atoms. The Kier molecular flexibility index (Phi) is 10.4. The lowest BCUT2D eigenvalue weighted by molar-refractivity contribution is -0.119. The summed E-state index contributed by atoms with van der Waals surface area (Å²) in [5.74, 6) is 2.16. The molecule has 6 nitrogen and oxygen atoms in total. The average Bonchev–Trinajstić information content (AvgIpc) is 3.13. The summed E-state index contributed by atoms with van der Waals surface area (Å²) in [6.45, 7) is 7.61. The van der Waals surface area contributed by atoms with Crippen molar-refractivity contribution >= 4 is 35.8 Å². The first kappa shape index (κ1) is 22.5. The number of carbonyl (C=O) groups excluding carboxylic acids is 1. The molecule has 7 heteroatoms. The number of guanidine groups is 1. The minimum atomic E-state index is -0.0249. The van der Waals surface area contributed by atoms with E-state index in [0.29, 0.717) is 12.5 Å². The third-order valence-corrected chi connectivity index (χ3v) is 4.35. The number of carbonyl (C=O) groups is 1. The van der Waals surface area contributed by atoms with Gasteiger partial charge in [-0.3, -0.25) is 4.79 Å². The fraction of sp³-hybridized carbons (Fsp3) is 0.579. The Morgan fingerprint density at radius 1 is 1.27 bits per heavy atom. The van der Waals surface area contributed by atoms with Crippen LogP contribution in [0.4, 0.5) is 0 Å². The molecule has 1 aliphatic heterocycles. The Hall–Kier alpha value is -1.51. The van der Waals surface area contributed by atoms with Crippen molar-refractivity contribution in [1.29, 1.82) is 0 Å². The number of likely N-dealkylation sites (tertiary alicyclic amines) is 1. The van der Waals surface area contributed by atoms with Gasteiger partial charge < -0.3 is 20.3 Å². The first-order chi connectivity index (χ1) is 12.2. The Balaban J connectivity index is 0.00000338. The maximum Gasteiger partial charge on any atom is 0.241 e. The minimum Gasteiger partial charge on any atom is -0.497 e. The first-order valence-corrected chi connectivity index (χ1v) is 9.11. The Labute approximate surface area is 173 Å². The second-order valence-electron chi connectivity index (χ2n) is 6.22. The van der Waals surface area contributed by atoms with E-state index in [1.165, 1.54) is 5.56 Å². The molecule has 1 amide bonds. The quantitative estimate of drug-likeness (QED) is 0.362. The molecule has 0 radical (unpaired) electrons. The normalized spacial score (nSPS) is 16.8. The molecule has 2 rings (SSSR count). The van der Waals surface area contributed by atoms with Gasteiger partial charge in [0.1, 0.15) is 12.3 Å². The summed E-state index contributed by atoms with van der Waals surface area (Å²) < 4.78 is 5.23. The van der Waals surface area contributed by atoms with E-state index in [2.05, 4.69) is 32.7 Å². The lowest BCUT2D eigenvalue weighted by Gasteiger charge is -2.21. The zero-order valence-electron chi connectivity index (χ0n) is 16.0. The average molecular weight is 474 g/mol. The largest absolute Gasteiger partial charge is 0.497 e. The van der Waals surface area contributed by atoms with E-state index in [1.807, 2.05) is 26.0 Å². The molecule has 2 N–H and O–H groups in total. The van der Waals surface area contributed by atoms with Gasteiger partial charge in [0, 0.05) is 32.1 Å². The van der Waals surface area contributed by atoms with Gasteiger partial charge in [0.05, 0.1) is 7.11 Å².